The van der Waals surface area contributed by atoms with Crippen LogP contribution in [0.25, 0.3) is 0 Å². The Bertz CT molecular complexity index is 665. The molecule has 2 aliphatic heterocycles. The van der Waals surface area contributed by atoms with Crippen molar-refractivity contribution in [2.24, 2.45) is 11.8 Å². The van der Waals surface area contributed by atoms with E-state index in [0.717, 1.165) is 0 Å². The monoisotopic (exact) mass is 301 g/mol. The van der Waals surface area contributed by atoms with Gasteiger partial charge in [-0.3, -0.25) is 4.79 Å². The van der Waals surface area contributed by atoms with Crippen LogP contribution in [0.4, 0.5) is 5.69 Å². The van der Waals surface area contributed by atoms with E-state index in [-0.39, 0.29) is 5.56 Å². The maximum absolute atomic E-state index is 12.3. The third kappa shape index (κ3) is 2.35. The van der Waals surface area contributed by atoms with Crippen molar-refractivity contribution in [1.82, 2.24) is 0 Å². The highest BCUT2D eigenvalue weighted by molar-refractivity contribution is 5.97. The molecular formula is C15H11NO6-2. The van der Waals surface area contributed by atoms with Crippen LogP contribution < -0.4 is 15.5 Å². The molecule has 0 unspecified atom stereocenters. The summed E-state index contributed by atoms with van der Waals surface area (Å²) in [6.45, 7) is 0. The Morgan fingerprint density at radius 2 is 1.55 bits per heavy atom. The van der Waals surface area contributed by atoms with Gasteiger partial charge in [-0.05, 0) is 17.7 Å². The van der Waals surface area contributed by atoms with E-state index in [1.165, 1.54) is 24.3 Å². The molecule has 0 aliphatic carbocycles. The summed E-state index contributed by atoms with van der Waals surface area (Å²) in [7, 11) is 0. The Hall–Kier alpha value is -2.67. The van der Waals surface area contributed by atoms with Gasteiger partial charge in [0.2, 0.25) is 5.91 Å². The number of benzene rings is 1. The maximum Gasteiger partial charge on any atom is 0.231 e. The second-order valence-electron chi connectivity index (χ2n) is 5.17. The lowest BCUT2D eigenvalue weighted by molar-refractivity contribution is -0.313. The van der Waals surface area contributed by atoms with Crippen molar-refractivity contribution in [3.63, 3.8) is 0 Å². The van der Waals surface area contributed by atoms with Gasteiger partial charge in [-0.2, -0.15) is 0 Å². The van der Waals surface area contributed by atoms with Gasteiger partial charge in [0, 0.05) is 17.6 Å². The molecule has 1 aromatic rings. The van der Waals surface area contributed by atoms with Crippen LogP contribution in [0.1, 0.15) is 10.4 Å². The highest BCUT2D eigenvalue weighted by atomic mass is 16.5. The van der Waals surface area contributed by atoms with Gasteiger partial charge in [0.05, 0.1) is 24.1 Å². The zero-order valence-electron chi connectivity index (χ0n) is 11.2. The van der Waals surface area contributed by atoms with Gasteiger partial charge in [-0.25, -0.2) is 0 Å². The number of ether oxygens (including phenoxy) is 1. The summed E-state index contributed by atoms with van der Waals surface area (Å²) >= 11 is 0. The summed E-state index contributed by atoms with van der Waals surface area (Å²) in [4.78, 5) is 34.1. The van der Waals surface area contributed by atoms with Crippen molar-refractivity contribution in [3.8, 4) is 0 Å². The number of hydrogen-bond donors (Lipinski definition) is 1. The maximum atomic E-state index is 12.3. The minimum atomic E-state index is -1.33. The molecule has 2 aliphatic rings. The fourth-order valence-electron chi connectivity index (χ4n) is 2.82. The first-order chi connectivity index (χ1) is 10.5. The van der Waals surface area contributed by atoms with E-state index in [1.807, 2.05) is 0 Å². The highest BCUT2D eigenvalue weighted by Crippen LogP contribution is 2.39. The summed E-state index contributed by atoms with van der Waals surface area (Å²) < 4.78 is 5.39. The highest BCUT2D eigenvalue weighted by Gasteiger charge is 2.50. The van der Waals surface area contributed by atoms with Crippen LogP contribution in [-0.2, 0) is 14.3 Å². The molecule has 1 saturated heterocycles. The first-order valence-corrected chi connectivity index (χ1v) is 6.64. The zero-order valence-corrected chi connectivity index (χ0v) is 11.2. The van der Waals surface area contributed by atoms with E-state index >= 15 is 0 Å². The Labute approximate surface area is 125 Å². The van der Waals surface area contributed by atoms with Crippen LogP contribution in [0.15, 0.2) is 36.4 Å². The van der Waals surface area contributed by atoms with Crippen molar-refractivity contribution in [3.05, 3.63) is 42.0 Å². The van der Waals surface area contributed by atoms with Gasteiger partial charge in [-0.15, -0.1) is 0 Å². The number of carbonyl (C=O) groups is 3. The van der Waals surface area contributed by atoms with Crippen molar-refractivity contribution in [2.75, 3.05) is 5.32 Å². The zero-order chi connectivity index (χ0) is 15.9. The lowest BCUT2D eigenvalue weighted by atomic mass is 9.82. The van der Waals surface area contributed by atoms with E-state index in [0.29, 0.717) is 5.69 Å². The number of aromatic carboxylic acids is 1. The SMILES string of the molecule is O=C([O-])c1ccc(NC(=O)[C@H]2[C@@H](C(=O)[O-])[C@@H]3C=C[C@H]2O3)cc1. The van der Waals surface area contributed by atoms with Gasteiger partial charge < -0.3 is 29.9 Å². The molecule has 7 heteroatoms. The quantitative estimate of drug-likeness (QED) is 0.663. The van der Waals surface area contributed by atoms with Crippen LogP contribution in [0.5, 0.6) is 0 Å². The molecule has 0 aromatic heterocycles. The average molecular weight is 301 g/mol. The smallest absolute Gasteiger partial charge is 0.231 e. The summed E-state index contributed by atoms with van der Waals surface area (Å²) in [5.74, 6) is -5.06. The molecule has 2 heterocycles. The predicted molar refractivity (Wildman–Crippen MR) is 69.2 cm³/mol. The molecule has 114 valence electrons. The van der Waals surface area contributed by atoms with Crippen molar-refractivity contribution in [2.45, 2.75) is 12.2 Å². The number of rotatable bonds is 4. The fraction of sp³-hybridized carbons (Fsp3) is 0.267. The molecule has 0 spiro atoms. The molecule has 7 nitrogen and oxygen atoms in total. The van der Waals surface area contributed by atoms with Crippen LogP contribution in [0, 0.1) is 11.8 Å². The molecule has 1 N–H and O–H groups in total. The van der Waals surface area contributed by atoms with Crippen LogP contribution >= 0.6 is 0 Å². The summed E-state index contributed by atoms with van der Waals surface area (Å²) in [5.41, 5.74) is 0.343. The molecule has 1 amide bonds. The van der Waals surface area contributed by atoms with Gasteiger partial charge >= 0.3 is 0 Å². The fourth-order valence-corrected chi connectivity index (χ4v) is 2.82. The van der Waals surface area contributed by atoms with Crippen LogP contribution in [0.3, 0.4) is 0 Å². The van der Waals surface area contributed by atoms with Crippen molar-refractivity contribution in [1.29, 1.82) is 0 Å². The molecule has 3 rings (SSSR count). The first kappa shape index (κ1) is 14.3. The normalized spacial score (nSPS) is 28.5. The number of carboxylic acids is 2. The second-order valence-corrected chi connectivity index (χ2v) is 5.17. The summed E-state index contributed by atoms with van der Waals surface area (Å²) in [6, 6.07) is 5.39. The van der Waals surface area contributed by atoms with E-state index < -0.39 is 41.9 Å². The van der Waals surface area contributed by atoms with Gasteiger partial charge in [-0.1, -0.05) is 24.3 Å². The van der Waals surface area contributed by atoms with E-state index in [2.05, 4.69) is 5.32 Å². The van der Waals surface area contributed by atoms with Gasteiger partial charge in [0.15, 0.2) is 0 Å². The predicted octanol–water partition coefficient (Wildman–Crippen LogP) is -1.69. The molecule has 0 radical (unpaired) electrons. The lowest BCUT2D eigenvalue weighted by Crippen LogP contribution is -2.45. The molecule has 4 atom stereocenters. The number of amides is 1. The Balaban J connectivity index is 1.75. The first-order valence-electron chi connectivity index (χ1n) is 6.64. The molecule has 22 heavy (non-hydrogen) atoms. The number of hydrogen-bond acceptors (Lipinski definition) is 6. The summed E-state index contributed by atoms with van der Waals surface area (Å²) in [6.07, 6.45) is 2.04. The summed E-state index contributed by atoms with van der Waals surface area (Å²) in [5, 5.41) is 24.4. The lowest BCUT2D eigenvalue weighted by Gasteiger charge is -2.25. The minimum Gasteiger partial charge on any atom is -0.550 e. The van der Waals surface area contributed by atoms with E-state index in [4.69, 9.17) is 4.74 Å². The average Bonchev–Trinajstić information content (AvgIpc) is 3.08. The second kappa shape index (κ2) is 5.27. The Morgan fingerprint density at radius 3 is 2.09 bits per heavy atom. The topological polar surface area (TPSA) is 119 Å². The number of fused-ring (bicyclic) bond motifs is 2. The van der Waals surface area contributed by atoms with E-state index in [9.17, 15) is 24.6 Å². The Morgan fingerprint density at radius 1 is 0.955 bits per heavy atom. The number of carboxylic acid groups (broad SMARTS) is 2. The van der Waals surface area contributed by atoms with Gasteiger partial charge in [0.25, 0.3) is 0 Å². The number of aliphatic carboxylic acids is 1. The third-order valence-electron chi connectivity index (χ3n) is 3.86. The minimum absolute atomic E-state index is 0.0169. The largest absolute Gasteiger partial charge is 0.550 e. The molecule has 1 aromatic carbocycles. The molecule has 0 saturated carbocycles. The number of carbonyl (C=O) groups excluding carboxylic acids is 3. The van der Waals surface area contributed by atoms with Gasteiger partial charge in [0.1, 0.15) is 0 Å². The third-order valence-corrected chi connectivity index (χ3v) is 3.86. The molecule has 1 fully saturated rings. The number of anilines is 1. The van der Waals surface area contributed by atoms with Crippen molar-refractivity contribution >= 4 is 23.5 Å². The Kier molecular flexibility index (Phi) is 3.42. The van der Waals surface area contributed by atoms with Crippen molar-refractivity contribution < 1.29 is 29.3 Å². The molecule has 2 bridgehead atoms. The van der Waals surface area contributed by atoms with Crippen LogP contribution in [-0.4, -0.2) is 30.1 Å². The van der Waals surface area contributed by atoms with E-state index in [1.54, 1.807) is 12.2 Å². The molecular weight excluding hydrogens is 290 g/mol. The number of nitrogens with one attached hydrogen (secondary N) is 1. The standard InChI is InChI=1S/C15H13NO6/c17-13(16-8-3-1-7(2-4-8)14(18)19)11-9-5-6-10(22-9)12(11)15(20)21/h1-6,9-12H,(H,16,17)(H,18,19)(H,20,21)/p-2/t9-,10+,11-,12+/m1/s1. The van der Waals surface area contributed by atoms with Crippen LogP contribution in [0.2, 0.25) is 0 Å².